The van der Waals surface area contributed by atoms with Crippen LogP contribution in [-0.4, -0.2) is 5.78 Å². The SMILES string of the molecule is N#Cc1ccc(C(=O)C=Cc2ccc(-c3cccc(Cl)c3Cl)o2)cc1. The number of nitrogens with zero attached hydrogens (tertiary/aromatic N) is 1. The Morgan fingerprint density at radius 1 is 1.04 bits per heavy atom. The van der Waals surface area contributed by atoms with Gasteiger partial charge in [-0.3, -0.25) is 4.79 Å². The molecule has 3 nitrogen and oxygen atoms in total. The third-order valence-corrected chi connectivity index (χ3v) is 4.36. The molecule has 2 aromatic carbocycles. The number of nitriles is 1. The molecule has 25 heavy (non-hydrogen) atoms. The smallest absolute Gasteiger partial charge is 0.185 e. The number of carbonyl (C=O) groups is 1. The first kappa shape index (κ1) is 17.0. The summed E-state index contributed by atoms with van der Waals surface area (Å²) in [5.41, 5.74) is 1.70. The zero-order valence-corrected chi connectivity index (χ0v) is 14.4. The van der Waals surface area contributed by atoms with Crippen molar-refractivity contribution in [2.45, 2.75) is 0 Å². The molecule has 3 aromatic rings. The maximum absolute atomic E-state index is 12.1. The molecule has 0 fully saturated rings. The molecule has 0 aliphatic heterocycles. The number of halogens is 2. The second-order valence-electron chi connectivity index (χ2n) is 5.19. The zero-order chi connectivity index (χ0) is 17.8. The van der Waals surface area contributed by atoms with Gasteiger partial charge in [-0.15, -0.1) is 0 Å². The summed E-state index contributed by atoms with van der Waals surface area (Å²) in [6, 6.07) is 17.3. The molecule has 0 bridgehead atoms. The Morgan fingerprint density at radius 2 is 1.80 bits per heavy atom. The van der Waals surface area contributed by atoms with Gasteiger partial charge in [-0.2, -0.15) is 5.26 Å². The molecule has 5 heteroatoms. The molecule has 1 aromatic heterocycles. The van der Waals surface area contributed by atoms with Gasteiger partial charge in [0.2, 0.25) is 0 Å². The van der Waals surface area contributed by atoms with Crippen LogP contribution in [0.1, 0.15) is 21.7 Å². The highest BCUT2D eigenvalue weighted by Gasteiger charge is 2.10. The Kier molecular flexibility index (Phi) is 5.04. The fourth-order valence-corrected chi connectivity index (χ4v) is 2.64. The van der Waals surface area contributed by atoms with Crippen molar-refractivity contribution < 1.29 is 9.21 Å². The van der Waals surface area contributed by atoms with Gasteiger partial charge >= 0.3 is 0 Å². The van der Waals surface area contributed by atoms with Gasteiger partial charge in [-0.05, 0) is 60.7 Å². The number of ketones is 1. The fraction of sp³-hybridized carbons (Fsp3) is 0. The molecule has 0 N–H and O–H groups in total. The van der Waals surface area contributed by atoms with Crippen LogP contribution in [0.5, 0.6) is 0 Å². The van der Waals surface area contributed by atoms with E-state index in [1.807, 2.05) is 12.1 Å². The normalized spacial score (nSPS) is 10.8. The third kappa shape index (κ3) is 3.83. The Morgan fingerprint density at radius 3 is 2.52 bits per heavy atom. The quantitative estimate of drug-likeness (QED) is 0.418. The Bertz CT molecular complexity index is 995. The number of hydrogen-bond donors (Lipinski definition) is 0. The summed E-state index contributed by atoms with van der Waals surface area (Å²) in [6.45, 7) is 0. The van der Waals surface area contributed by atoms with Crippen molar-refractivity contribution in [3.05, 3.63) is 87.6 Å². The molecule has 0 saturated heterocycles. The van der Waals surface area contributed by atoms with E-state index in [4.69, 9.17) is 32.9 Å². The maximum Gasteiger partial charge on any atom is 0.185 e. The lowest BCUT2D eigenvalue weighted by Gasteiger charge is -2.01. The highest BCUT2D eigenvalue weighted by molar-refractivity contribution is 6.43. The van der Waals surface area contributed by atoms with Gasteiger partial charge in [0.1, 0.15) is 11.5 Å². The van der Waals surface area contributed by atoms with Crippen LogP contribution in [0.3, 0.4) is 0 Å². The standard InChI is InChI=1S/C20H11Cl2NO2/c21-17-3-1-2-16(20(17)22)19-11-9-15(25-19)8-10-18(24)14-6-4-13(12-23)5-7-14/h1-11H. The van der Waals surface area contributed by atoms with Crippen molar-refractivity contribution in [2.24, 2.45) is 0 Å². The van der Waals surface area contributed by atoms with E-state index in [0.29, 0.717) is 38.3 Å². The Balaban J connectivity index is 1.78. The van der Waals surface area contributed by atoms with Crippen LogP contribution >= 0.6 is 23.2 Å². The molecule has 0 spiro atoms. The Labute approximate surface area is 154 Å². The van der Waals surface area contributed by atoms with E-state index >= 15 is 0 Å². The largest absolute Gasteiger partial charge is 0.457 e. The van der Waals surface area contributed by atoms with Gasteiger partial charge in [-0.25, -0.2) is 0 Å². The van der Waals surface area contributed by atoms with Crippen LogP contribution in [0.2, 0.25) is 10.0 Å². The van der Waals surface area contributed by atoms with Crippen molar-refractivity contribution in [3.8, 4) is 17.4 Å². The van der Waals surface area contributed by atoms with E-state index in [-0.39, 0.29) is 5.78 Å². The van der Waals surface area contributed by atoms with Crippen LogP contribution in [0.15, 0.2) is 65.1 Å². The highest BCUT2D eigenvalue weighted by Crippen LogP contribution is 2.34. The summed E-state index contributed by atoms with van der Waals surface area (Å²) in [4.78, 5) is 12.1. The minimum atomic E-state index is -0.178. The zero-order valence-electron chi connectivity index (χ0n) is 12.9. The lowest BCUT2D eigenvalue weighted by Crippen LogP contribution is -1.93. The minimum absolute atomic E-state index is 0.178. The van der Waals surface area contributed by atoms with Gasteiger partial charge < -0.3 is 4.42 Å². The van der Waals surface area contributed by atoms with Gasteiger partial charge in [0.15, 0.2) is 5.78 Å². The predicted octanol–water partition coefficient (Wildman–Crippen LogP) is 6.02. The summed E-state index contributed by atoms with van der Waals surface area (Å²) < 4.78 is 5.70. The number of furan rings is 1. The molecule has 0 unspecified atom stereocenters. The number of allylic oxidation sites excluding steroid dienone is 1. The van der Waals surface area contributed by atoms with Crippen LogP contribution in [-0.2, 0) is 0 Å². The van der Waals surface area contributed by atoms with Crippen LogP contribution in [0.25, 0.3) is 17.4 Å². The molecule has 0 saturated carbocycles. The molecular weight excluding hydrogens is 357 g/mol. The topological polar surface area (TPSA) is 54.0 Å². The molecule has 3 rings (SSSR count). The van der Waals surface area contributed by atoms with Crippen molar-refractivity contribution in [1.82, 2.24) is 0 Å². The molecule has 122 valence electrons. The monoisotopic (exact) mass is 367 g/mol. The summed E-state index contributed by atoms with van der Waals surface area (Å²) in [5.74, 6) is 0.911. The van der Waals surface area contributed by atoms with Crippen molar-refractivity contribution in [3.63, 3.8) is 0 Å². The number of benzene rings is 2. The fourth-order valence-electron chi connectivity index (χ4n) is 2.24. The maximum atomic E-state index is 12.1. The predicted molar refractivity (Wildman–Crippen MR) is 98.7 cm³/mol. The lowest BCUT2D eigenvalue weighted by atomic mass is 10.1. The number of rotatable bonds is 4. The van der Waals surface area contributed by atoms with E-state index < -0.39 is 0 Å². The van der Waals surface area contributed by atoms with E-state index in [2.05, 4.69) is 0 Å². The van der Waals surface area contributed by atoms with E-state index in [1.165, 1.54) is 6.08 Å². The molecule has 0 radical (unpaired) electrons. The van der Waals surface area contributed by atoms with Gasteiger partial charge in [0, 0.05) is 11.1 Å². The van der Waals surface area contributed by atoms with E-state index in [0.717, 1.165) is 0 Å². The highest BCUT2D eigenvalue weighted by atomic mass is 35.5. The first-order valence-corrected chi connectivity index (χ1v) is 8.11. The molecule has 0 atom stereocenters. The number of carbonyl (C=O) groups excluding carboxylic acids is 1. The van der Waals surface area contributed by atoms with E-state index in [1.54, 1.807) is 54.6 Å². The molecule has 0 amide bonds. The molecule has 0 aliphatic carbocycles. The van der Waals surface area contributed by atoms with Crippen LogP contribution in [0, 0.1) is 11.3 Å². The van der Waals surface area contributed by atoms with Crippen LogP contribution in [0.4, 0.5) is 0 Å². The van der Waals surface area contributed by atoms with Crippen molar-refractivity contribution >= 4 is 35.1 Å². The summed E-state index contributed by atoms with van der Waals surface area (Å²) in [7, 11) is 0. The van der Waals surface area contributed by atoms with Gasteiger partial charge in [0.25, 0.3) is 0 Å². The average molecular weight is 368 g/mol. The molecule has 1 heterocycles. The summed E-state index contributed by atoms with van der Waals surface area (Å²) in [6.07, 6.45) is 3.01. The van der Waals surface area contributed by atoms with Crippen molar-refractivity contribution in [1.29, 1.82) is 5.26 Å². The van der Waals surface area contributed by atoms with Crippen LogP contribution < -0.4 is 0 Å². The first-order valence-electron chi connectivity index (χ1n) is 7.35. The lowest BCUT2D eigenvalue weighted by molar-refractivity contribution is 0.104. The average Bonchev–Trinajstić information content (AvgIpc) is 3.11. The molecular formula is C20H11Cl2NO2. The molecule has 0 aliphatic rings. The third-order valence-electron chi connectivity index (χ3n) is 3.54. The first-order chi connectivity index (χ1) is 12.1. The second-order valence-corrected chi connectivity index (χ2v) is 5.98. The van der Waals surface area contributed by atoms with Crippen molar-refractivity contribution in [2.75, 3.05) is 0 Å². The Hall–Kier alpha value is -2.80. The van der Waals surface area contributed by atoms with Gasteiger partial charge in [-0.1, -0.05) is 29.3 Å². The minimum Gasteiger partial charge on any atom is -0.457 e. The summed E-state index contributed by atoms with van der Waals surface area (Å²) in [5, 5.41) is 9.64. The second kappa shape index (κ2) is 7.40. The number of hydrogen-bond acceptors (Lipinski definition) is 3. The summed E-state index contributed by atoms with van der Waals surface area (Å²) >= 11 is 12.2. The van der Waals surface area contributed by atoms with Gasteiger partial charge in [0.05, 0.1) is 21.7 Å². The van der Waals surface area contributed by atoms with E-state index in [9.17, 15) is 4.79 Å².